The molecule has 25 heavy (non-hydrogen) atoms. The molecular formula is C18H17AsFN5. The first-order chi connectivity index (χ1) is 12.2. The number of imidazole rings is 1. The van der Waals surface area contributed by atoms with Gasteiger partial charge in [-0.2, -0.15) is 0 Å². The summed E-state index contributed by atoms with van der Waals surface area (Å²) in [5.41, 5.74) is 3.51. The molecule has 0 saturated carbocycles. The van der Waals surface area contributed by atoms with Gasteiger partial charge in [0.25, 0.3) is 0 Å². The summed E-state index contributed by atoms with van der Waals surface area (Å²) in [7, 11) is 0. The molecule has 126 valence electrons. The van der Waals surface area contributed by atoms with Crippen LogP contribution in [0.1, 0.15) is 18.9 Å². The molecule has 7 heteroatoms. The molecule has 2 radical (unpaired) electrons. The van der Waals surface area contributed by atoms with Crippen molar-refractivity contribution in [1.82, 2.24) is 24.8 Å². The second kappa shape index (κ2) is 7.06. The van der Waals surface area contributed by atoms with Crippen LogP contribution in [0.15, 0.2) is 42.9 Å². The van der Waals surface area contributed by atoms with Gasteiger partial charge >= 0.3 is 154 Å². The monoisotopic (exact) mass is 397 g/mol. The second-order valence-corrected chi connectivity index (χ2v) is 6.92. The standard InChI is InChI=1S/C18H17AsFN5/c19-18-22-10-7-15(24-18)17-16(12-1-3-13(20)4-2-12)23-11-25(17)14-5-8-21-9-6-14/h1-4,7,10-11,14,21H,5-6,8-9H2. The van der Waals surface area contributed by atoms with Crippen molar-refractivity contribution in [2.45, 2.75) is 18.9 Å². The van der Waals surface area contributed by atoms with Crippen LogP contribution in [0.4, 0.5) is 4.39 Å². The predicted octanol–water partition coefficient (Wildman–Crippen LogP) is 1.86. The fourth-order valence-corrected chi connectivity index (χ4v) is 3.64. The maximum atomic E-state index is 13.3. The predicted molar refractivity (Wildman–Crippen MR) is 95.2 cm³/mol. The van der Waals surface area contributed by atoms with Gasteiger partial charge in [-0.15, -0.1) is 0 Å². The number of aromatic nitrogens is 4. The number of nitrogens with one attached hydrogen (secondary N) is 1. The fourth-order valence-electron chi connectivity index (χ4n) is 3.28. The average molecular weight is 397 g/mol. The van der Waals surface area contributed by atoms with Gasteiger partial charge in [0, 0.05) is 0 Å². The Bertz CT molecular complexity index is 871. The van der Waals surface area contributed by atoms with E-state index in [4.69, 9.17) is 0 Å². The number of rotatable bonds is 3. The van der Waals surface area contributed by atoms with Crippen LogP contribution in [0, 0.1) is 5.82 Å². The van der Waals surface area contributed by atoms with Crippen LogP contribution in [-0.4, -0.2) is 49.5 Å². The molecule has 1 aliphatic rings. The number of piperidine rings is 1. The van der Waals surface area contributed by atoms with E-state index in [0.717, 1.165) is 48.6 Å². The molecule has 0 bridgehead atoms. The third kappa shape index (κ3) is 3.37. The SMILES string of the molecule is Fc1ccc(-c2ncn(C3CCNCC3)c2-c2ccnc([As])n2)cc1. The van der Waals surface area contributed by atoms with Crippen molar-refractivity contribution in [3.05, 3.63) is 48.7 Å². The fraction of sp³-hybridized carbons (Fsp3) is 0.278. The number of nitrogens with zero attached hydrogens (tertiary/aromatic N) is 4. The summed E-state index contributed by atoms with van der Waals surface area (Å²) >= 11 is 2.37. The van der Waals surface area contributed by atoms with E-state index in [1.807, 2.05) is 12.4 Å². The van der Waals surface area contributed by atoms with Gasteiger partial charge in [-0.3, -0.25) is 0 Å². The molecule has 2 aromatic heterocycles. The van der Waals surface area contributed by atoms with Gasteiger partial charge in [-0.05, 0) is 0 Å². The minimum atomic E-state index is -0.252. The van der Waals surface area contributed by atoms with Gasteiger partial charge in [-0.25, -0.2) is 0 Å². The molecule has 1 aliphatic heterocycles. The van der Waals surface area contributed by atoms with E-state index >= 15 is 0 Å². The zero-order chi connectivity index (χ0) is 17.2. The van der Waals surface area contributed by atoms with E-state index in [9.17, 15) is 4.39 Å². The molecule has 1 saturated heterocycles. The van der Waals surface area contributed by atoms with Crippen molar-refractivity contribution in [3.63, 3.8) is 0 Å². The number of halogens is 1. The molecule has 3 aromatic rings. The van der Waals surface area contributed by atoms with Gasteiger partial charge in [0.05, 0.1) is 0 Å². The van der Waals surface area contributed by atoms with E-state index in [1.54, 1.807) is 18.3 Å². The molecular weight excluding hydrogens is 380 g/mol. The Morgan fingerprint density at radius 3 is 2.56 bits per heavy atom. The van der Waals surface area contributed by atoms with E-state index in [2.05, 4.69) is 41.7 Å². The van der Waals surface area contributed by atoms with Crippen molar-refractivity contribution in [2.24, 2.45) is 0 Å². The molecule has 1 fully saturated rings. The third-order valence-electron chi connectivity index (χ3n) is 4.50. The summed E-state index contributed by atoms with van der Waals surface area (Å²) in [5, 5.41) is 3.39. The molecule has 0 spiro atoms. The summed E-state index contributed by atoms with van der Waals surface area (Å²) in [6, 6.07) is 8.73. The molecule has 1 N–H and O–H groups in total. The molecule has 0 atom stereocenters. The Morgan fingerprint density at radius 2 is 1.84 bits per heavy atom. The topological polar surface area (TPSA) is 55.6 Å². The zero-order valence-electron chi connectivity index (χ0n) is 13.6. The van der Waals surface area contributed by atoms with Crippen LogP contribution in [0.3, 0.4) is 0 Å². The van der Waals surface area contributed by atoms with Crippen molar-refractivity contribution >= 4 is 21.5 Å². The van der Waals surface area contributed by atoms with Gasteiger partial charge in [0.1, 0.15) is 0 Å². The first-order valence-corrected chi connectivity index (χ1v) is 9.22. The minimum absolute atomic E-state index is 0.252. The summed E-state index contributed by atoms with van der Waals surface area (Å²) in [6.07, 6.45) is 5.74. The van der Waals surface area contributed by atoms with Gasteiger partial charge in [0.2, 0.25) is 0 Å². The van der Waals surface area contributed by atoms with Gasteiger partial charge in [-0.1, -0.05) is 0 Å². The van der Waals surface area contributed by atoms with Crippen molar-refractivity contribution in [3.8, 4) is 22.6 Å². The van der Waals surface area contributed by atoms with Crippen LogP contribution >= 0.6 is 0 Å². The molecule has 3 heterocycles. The van der Waals surface area contributed by atoms with Crippen LogP contribution in [0.5, 0.6) is 0 Å². The summed E-state index contributed by atoms with van der Waals surface area (Å²) in [4.78, 5) is 13.4. The molecule has 0 unspecified atom stereocenters. The van der Waals surface area contributed by atoms with E-state index in [0.29, 0.717) is 10.7 Å². The number of benzene rings is 1. The Kier molecular flexibility index (Phi) is 4.64. The van der Waals surface area contributed by atoms with Crippen molar-refractivity contribution < 1.29 is 4.39 Å². The van der Waals surface area contributed by atoms with Crippen LogP contribution < -0.4 is 9.93 Å². The van der Waals surface area contributed by atoms with E-state index in [1.165, 1.54) is 12.1 Å². The first kappa shape index (κ1) is 16.4. The Hall–Kier alpha value is -2.04. The normalized spacial score (nSPS) is 15.4. The van der Waals surface area contributed by atoms with Gasteiger partial charge in [0.15, 0.2) is 0 Å². The Balaban J connectivity index is 1.86. The van der Waals surface area contributed by atoms with Crippen LogP contribution in [-0.2, 0) is 0 Å². The second-order valence-electron chi connectivity index (χ2n) is 6.08. The van der Waals surface area contributed by atoms with Gasteiger partial charge < -0.3 is 0 Å². The molecule has 4 rings (SSSR count). The third-order valence-corrected chi connectivity index (χ3v) is 4.95. The Morgan fingerprint density at radius 1 is 1.08 bits per heavy atom. The zero-order valence-corrected chi connectivity index (χ0v) is 15.4. The van der Waals surface area contributed by atoms with E-state index in [-0.39, 0.29) is 5.82 Å². The first-order valence-electron chi connectivity index (χ1n) is 8.28. The molecule has 5 nitrogen and oxygen atoms in total. The van der Waals surface area contributed by atoms with Crippen molar-refractivity contribution in [1.29, 1.82) is 0 Å². The number of hydrogen-bond donors (Lipinski definition) is 1. The quantitative estimate of drug-likeness (QED) is 0.686. The van der Waals surface area contributed by atoms with Crippen molar-refractivity contribution in [2.75, 3.05) is 13.1 Å². The summed E-state index contributed by atoms with van der Waals surface area (Å²) < 4.78 is 16.2. The Labute approximate surface area is 154 Å². The summed E-state index contributed by atoms with van der Waals surface area (Å²) in [6.45, 7) is 1.99. The van der Waals surface area contributed by atoms with E-state index < -0.39 is 0 Å². The summed E-state index contributed by atoms with van der Waals surface area (Å²) in [5.74, 6) is -0.252. The average Bonchev–Trinajstić information content (AvgIpc) is 3.08. The van der Waals surface area contributed by atoms with Crippen LogP contribution in [0.2, 0.25) is 0 Å². The molecule has 1 aromatic carbocycles. The van der Waals surface area contributed by atoms with Crippen LogP contribution in [0.25, 0.3) is 22.6 Å². The maximum absolute atomic E-state index is 13.3. The molecule has 0 amide bonds. The number of hydrogen-bond acceptors (Lipinski definition) is 4. The molecule has 0 aliphatic carbocycles.